The highest BCUT2D eigenvalue weighted by Crippen LogP contribution is 2.26. The highest BCUT2D eigenvalue weighted by Gasteiger charge is 2.45. The molecule has 59 heavy (non-hydrogen) atoms. The number of ether oxygens (including phenoxy) is 2. The van der Waals surface area contributed by atoms with Gasteiger partial charge in [-0.05, 0) is 88.4 Å². The van der Waals surface area contributed by atoms with E-state index in [1.807, 2.05) is 0 Å². The Morgan fingerprint density at radius 3 is 2.08 bits per heavy atom. The molecule has 0 spiro atoms. The first-order valence-electron chi connectivity index (χ1n) is 18.8. The van der Waals surface area contributed by atoms with E-state index in [4.69, 9.17) is 4.74 Å². The lowest BCUT2D eigenvalue weighted by atomic mass is 10.0. The molecule has 3 saturated heterocycles. The second kappa shape index (κ2) is 18.3. The number of carbonyl (C=O) groups is 7. The summed E-state index contributed by atoms with van der Waals surface area (Å²) in [6.45, 7) is 4.37. The molecule has 3 aliphatic heterocycles. The Morgan fingerprint density at radius 2 is 1.47 bits per heavy atom. The fourth-order valence-corrected chi connectivity index (χ4v) is 7.19. The van der Waals surface area contributed by atoms with Gasteiger partial charge >= 0.3 is 18.4 Å². The minimum atomic E-state index is -4.97. The minimum absolute atomic E-state index is 0.0259. The van der Waals surface area contributed by atoms with Gasteiger partial charge in [-0.15, -0.1) is 13.2 Å². The number of hydrogen-bond donors (Lipinski definition) is 4. The Hall–Kier alpha value is -6.02. The zero-order valence-corrected chi connectivity index (χ0v) is 32.4. The molecule has 0 aromatic heterocycles. The Morgan fingerprint density at radius 1 is 0.881 bits per heavy atom. The average molecular weight is 838 g/mol. The predicted molar refractivity (Wildman–Crippen MR) is 196 cm³/mol. The van der Waals surface area contributed by atoms with Gasteiger partial charge in [-0.1, -0.05) is 0 Å². The average Bonchev–Trinajstić information content (AvgIpc) is 3.86. The fourth-order valence-electron chi connectivity index (χ4n) is 7.19. The van der Waals surface area contributed by atoms with Crippen LogP contribution in [0.3, 0.4) is 0 Å². The molecule has 7 atom stereocenters. The summed E-state index contributed by atoms with van der Waals surface area (Å²) in [5.74, 6) is -7.37. The molecular weight excluding hydrogens is 793 g/mol. The van der Waals surface area contributed by atoms with Gasteiger partial charge in [0, 0.05) is 38.3 Å². The monoisotopic (exact) mass is 837 g/mol. The van der Waals surface area contributed by atoms with Crippen LogP contribution in [0.5, 0.6) is 5.75 Å². The molecule has 16 nitrogen and oxygen atoms in total. The topological polar surface area (TPSA) is 196 Å². The van der Waals surface area contributed by atoms with Crippen molar-refractivity contribution in [2.45, 2.75) is 102 Å². The number of urea groups is 1. The van der Waals surface area contributed by atoms with E-state index in [-0.39, 0.29) is 37.2 Å². The third kappa shape index (κ3) is 10.9. The molecule has 0 aliphatic carbocycles. The number of halogens is 5. The number of hydrogen-bond acceptors (Lipinski definition) is 9. The molecule has 7 amide bonds. The molecule has 3 aliphatic rings. The molecule has 3 heterocycles. The van der Waals surface area contributed by atoms with Crippen LogP contribution < -0.4 is 26.0 Å². The number of fused-ring (bicyclic) bond motifs is 2. The van der Waals surface area contributed by atoms with Crippen LogP contribution in [-0.4, -0.2) is 125 Å². The molecule has 0 bridgehead atoms. The summed E-state index contributed by atoms with van der Waals surface area (Å²) in [5.41, 5.74) is -0.149. The second-order valence-electron chi connectivity index (χ2n) is 14.6. The van der Waals surface area contributed by atoms with Gasteiger partial charge in [-0.3, -0.25) is 24.0 Å². The summed E-state index contributed by atoms with van der Waals surface area (Å²) < 4.78 is 76.0. The number of nitrogens with one attached hydrogen (secondary N) is 4. The van der Waals surface area contributed by atoms with Gasteiger partial charge in [0.2, 0.25) is 29.5 Å². The molecule has 320 valence electrons. The van der Waals surface area contributed by atoms with Gasteiger partial charge in [0.1, 0.15) is 59.7 Å². The zero-order chi connectivity index (χ0) is 43.3. The van der Waals surface area contributed by atoms with Crippen LogP contribution in [0.15, 0.2) is 42.5 Å². The first kappa shape index (κ1) is 44.1. The number of anilines is 1. The van der Waals surface area contributed by atoms with Crippen LogP contribution in [0, 0.1) is 11.6 Å². The maximum Gasteiger partial charge on any atom is 0.573 e. The number of rotatable bonds is 7. The van der Waals surface area contributed by atoms with Gasteiger partial charge in [0.25, 0.3) is 0 Å². The van der Waals surface area contributed by atoms with E-state index in [2.05, 4.69) is 26.0 Å². The summed E-state index contributed by atoms with van der Waals surface area (Å²) in [5, 5.41) is 9.76. The fraction of sp³-hybridized carbons (Fsp3) is 0.500. The lowest BCUT2D eigenvalue weighted by molar-refractivity contribution is -0.274. The van der Waals surface area contributed by atoms with E-state index in [0.29, 0.717) is 18.9 Å². The zero-order valence-electron chi connectivity index (χ0n) is 32.4. The number of amides is 7. The van der Waals surface area contributed by atoms with E-state index in [1.165, 1.54) is 37.6 Å². The standard InChI is InChI=1S/C38H44F5N7O9/c1-19-33(53)50-14-6-8-29(50)36(56)58-21(3)30(35(55)49-13-5-7-28(49)34(54)48(4)20(2)31(51)44-19)47-32(52)27(17-22-15-23(39)18-24(40)16-22)46-37(57)45-25-9-11-26(12-10-25)59-38(41,42)43/h9-12,15-16,18-21,27-30H,5-8,13-14,17H2,1-4H3,(H,44,51)(H,47,52)(H2,45,46,57)/t19-,20-,21-,27-,28-,29?,30-/m0/s1. The molecule has 2 aromatic carbocycles. The minimum Gasteiger partial charge on any atom is -0.458 e. The third-order valence-electron chi connectivity index (χ3n) is 10.3. The normalized spacial score (nSPS) is 25.1. The van der Waals surface area contributed by atoms with E-state index in [1.54, 1.807) is 0 Å². The Kier molecular flexibility index (Phi) is 13.7. The summed E-state index contributed by atoms with van der Waals surface area (Å²) in [6.07, 6.45) is -5.89. The van der Waals surface area contributed by atoms with Crippen molar-refractivity contribution >= 4 is 47.2 Å². The van der Waals surface area contributed by atoms with E-state index in [0.717, 1.165) is 41.3 Å². The Balaban J connectivity index is 1.46. The number of alkyl halides is 3. The maximum absolute atomic E-state index is 14.5. The molecule has 5 rings (SSSR count). The molecule has 1 unspecified atom stereocenters. The second-order valence-corrected chi connectivity index (χ2v) is 14.6. The molecule has 3 fully saturated rings. The van der Waals surface area contributed by atoms with Crippen LogP contribution in [-0.2, 0) is 39.9 Å². The summed E-state index contributed by atoms with van der Waals surface area (Å²) in [6, 6.07) is -2.58. The van der Waals surface area contributed by atoms with E-state index < -0.39 is 114 Å². The molecule has 2 aromatic rings. The largest absolute Gasteiger partial charge is 0.573 e. The van der Waals surface area contributed by atoms with Crippen molar-refractivity contribution in [1.29, 1.82) is 0 Å². The summed E-state index contributed by atoms with van der Waals surface area (Å²) >= 11 is 0. The smallest absolute Gasteiger partial charge is 0.458 e. The quantitative estimate of drug-likeness (QED) is 0.239. The van der Waals surface area contributed by atoms with Crippen molar-refractivity contribution in [3.63, 3.8) is 0 Å². The van der Waals surface area contributed by atoms with Crippen molar-refractivity contribution in [2.24, 2.45) is 0 Å². The van der Waals surface area contributed by atoms with Crippen molar-refractivity contribution in [3.05, 3.63) is 59.7 Å². The van der Waals surface area contributed by atoms with E-state index in [9.17, 15) is 55.5 Å². The summed E-state index contributed by atoms with van der Waals surface area (Å²) in [4.78, 5) is 99.6. The Bertz CT molecular complexity index is 1930. The molecule has 21 heteroatoms. The lowest BCUT2D eigenvalue weighted by Crippen LogP contribution is -2.62. The van der Waals surface area contributed by atoms with E-state index >= 15 is 0 Å². The lowest BCUT2D eigenvalue weighted by Gasteiger charge is -2.36. The SMILES string of the molecule is C[C@@H]1NC(=O)[C@H](C)N(C)C(=O)[C@@H]2CCCN2C(=O)[C@@H](NC(=O)[C@H](Cc2cc(F)cc(F)c2)NC(=O)Nc2ccc(OC(F)(F)F)cc2)[C@H](C)OC(=O)C2CCCN2C1=O. The first-order valence-corrected chi connectivity index (χ1v) is 18.8. The van der Waals surface area contributed by atoms with Gasteiger partial charge < -0.3 is 45.4 Å². The van der Waals surface area contributed by atoms with Crippen LogP contribution in [0.4, 0.5) is 32.4 Å². The molecular formula is C38H44F5N7O9. The molecule has 4 N–H and O–H groups in total. The maximum atomic E-state index is 14.5. The van der Waals surface area contributed by atoms with Crippen LogP contribution in [0.2, 0.25) is 0 Å². The van der Waals surface area contributed by atoms with Gasteiger partial charge in [-0.25, -0.2) is 18.4 Å². The van der Waals surface area contributed by atoms with Crippen molar-refractivity contribution in [3.8, 4) is 5.75 Å². The number of carbonyl (C=O) groups excluding carboxylic acids is 7. The summed E-state index contributed by atoms with van der Waals surface area (Å²) in [7, 11) is 1.37. The number of esters is 1. The molecule has 0 radical (unpaired) electrons. The Labute approximate surface area is 335 Å². The van der Waals surface area contributed by atoms with Crippen molar-refractivity contribution < 1.29 is 65.0 Å². The third-order valence-corrected chi connectivity index (χ3v) is 10.3. The number of benzene rings is 2. The molecule has 0 saturated carbocycles. The van der Waals surface area contributed by atoms with Crippen molar-refractivity contribution in [1.82, 2.24) is 30.7 Å². The predicted octanol–water partition coefficient (Wildman–Crippen LogP) is 2.36. The van der Waals surface area contributed by atoms with Crippen LogP contribution >= 0.6 is 0 Å². The van der Waals surface area contributed by atoms with Crippen molar-refractivity contribution in [2.75, 3.05) is 25.5 Å². The van der Waals surface area contributed by atoms with Crippen LogP contribution in [0.1, 0.15) is 52.0 Å². The van der Waals surface area contributed by atoms with Gasteiger partial charge in [0.15, 0.2) is 0 Å². The number of cyclic esters (lactones) is 1. The van der Waals surface area contributed by atoms with Crippen LogP contribution in [0.25, 0.3) is 0 Å². The highest BCUT2D eigenvalue weighted by molar-refractivity contribution is 5.98. The number of likely N-dealkylation sites (N-methyl/N-ethyl adjacent to an activating group) is 1. The first-order chi connectivity index (χ1) is 27.7. The van der Waals surface area contributed by atoms with Gasteiger partial charge in [0.05, 0.1) is 0 Å². The number of nitrogens with zero attached hydrogens (tertiary/aromatic N) is 3. The highest BCUT2D eigenvalue weighted by atomic mass is 19.4. The van der Waals surface area contributed by atoms with Gasteiger partial charge in [-0.2, -0.15) is 0 Å².